The Bertz CT molecular complexity index is 2090. The summed E-state index contributed by atoms with van der Waals surface area (Å²) < 4.78 is 36.4. The molecule has 0 saturated heterocycles. The minimum absolute atomic E-state index is 0.0870. The highest BCUT2D eigenvalue weighted by molar-refractivity contribution is 5.95. The molecule has 1 amide bonds. The summed E-state index contributed by atoms with van der Waals surface area (Å²) in [5, 5.41) is 20.5. The van der Waals surface area contributed by atoms with Crippen LogP contribution in [0.3, 0.4) is 0 Å². The van der Waals surface area contributed by atoms with Gasteiger partial charge in [-0.25, -0.2) is 18.7 Å². The molecule has 230 valence electrons. The first-order chi connectivity index (χ1) is 21.6. The number of imidazole rings is 1. The van der Waals surface area contributed by atoms with Crippen molar-refractivity contribution in [1.29, 1.82) is 0 Å². The van der Waals surface area contributed by atoms with Crippen LogP contribution < -0.4 is 0 Å². The molecule has 0 radical (unpaired) electrons. The molecule has 1 saturated carbocycles. The van der Waals surface area contributed by atoms with Gasteiger partial charge in [0.1, 0.15) is 17.8 Å². The number of aliphatic hydroxyl groups excluding tert-OH is 1. The highest BCUT2D eigenvalue weighted by Crippen LogP contribution is 2.47. The topological polar surface area (TPSA) is 107 Å². The Hall–Kier alpha value is -4.97. The first-order valence-corrected chi connectivity index (χ1v) is 14.8. The van der Waals surface area contributed by atoms with Gasteiger partial charge in [0.15, 0.2) is 5.65 Å². The van der Waals surface area contributed by atoms with Gasteiger partial charge in [-0.05, 0) is 48.7 Å². The number of carbonyl (C=O) groups excluding carboxylic acids is 1. The van der Waals surface area contributed by atoms with Gasteiger partial charge in [-0.3, -0.25) is 14.2 Å². The van der Waals surface area contributed by atoms with E-state index in [-0.39, 0.29) is 25.0 Å². The van der Waals surface area contributed by atoms with Crippen LogP contribution in [0.1, 0.15) is 52.2 Å². The second kappa shape index (κ2) is 10.9. The number of fused-ring (bicyclic) bond motifs is 2. The largest absolute Gasteiger partial charge is 0.390 e. The van der Waals surface area contributed by atoms with Crippen LogP contribution in [0.2, 0.25) is 0 Å². The molecule has 1 atom stereocenters. The molecule has 4 aromatic heterocycles. The van der Waals surface area contributed by atoms with Gasteiger partial charge in [-0.1, -0.05) is 12.1 Å². The molecule has 2 aromatic carbocycles. The van der Waals surface area contributed by atoms with Gasteiger partial charge in [0.05, 0.1) is 30.1 Å². The average molecular weight is 611 g/mol. The summed E-state index contributed by atoms with van der Waals surface area (Å²) in [6.45, 7) is -0.394. The fraction of sp³-hybridized carbons (Fsp3) is 0.303. The third-order valence-corrected chi connectivity index (χ3v) is 8.38. The lowest BCUT2D eigenvalue weighted by atomic mass is 10.0. The third-order valence-electron chi connectivity index (χ3n) is 8.38. The van der Waals surface area contributed by atoms with E-state index >= 15 is 8.78 Å². The van der Waals surface area contributed by atoms with E-state index in [1.165, 1.54) is 15.6 Å². The molecule has 1 N–H and O–H groups in total. The summed E-state index contributed by atoms with van der Waals surface area (Å²) in [5.41, 5.74) is 4.73. The molecule has 1 aliphatic carbocycles. The number of aromatic nitrogens is 7. The Balaban J connectivity index is 1.29. The summed E-state index contributed by atoms with van der Waals surface area (Å²) in [6, 6.07) is 11.3. The molecule has 0 spiro atoms. The molecular weight excluding hydrogens is 578 g/mol. The second-order valence-electron chi connectivity index (χ2n) is 11.9. The van der Waals surface area contributed by atoms with E-state index in [1.54, 1.807) is 55.3 Å². The van der Waals surface area contributed by atoms with Crippen LogP contribution in [0, 0.1) is 5.82 Å². The van der Waals surface area contributed by atoms with Crippen LogP contribution in [0.4, 0.5) is 8.78 Å². The number of hydrogen-bond acceptors (Lipinski definition) is 6. The van der Waals surface area contributed by atoms with Crippen molar-refractivity contribution in [3.8, 4) is 22.6 Å². The van der Waals surface area contributed by atoms with Gasteiger partial charge >= 0.3 is 0 Å². The average Bonchev–Trinajstić information content (AvgIpc) is 3.53. The first-order valence-electron chi connectivity index (χ1n) is 14.8. The molecule has 4 heterocycles. The highest BCUT2D eigenvalue weighted by atomic mass is 19.1. The molecule has 10 nitrogen and oxygen atoms in total. The lowest BCUT2D eigenvalue weighted by Gasteiger charge is -2.12. The maximum Gasteiger partial charge on any atom is 0.253 e. The summed E-state index contributed by atoms with van der Waals surface area (Å²) in [7, 11) is 7.04. The second-order valence-corrected chi connectivity index (χ2v) is 11.9. The predicted octanol–water partition coefficient (Wildman–Crippen LogP) is 5.31. The minimum Gasteiger partial charge on any atom is -0.390 e. The van der Waals surface area contributed by atoms with E-state index in [9.17, 15) is 9.90 Å². The van der Waals surface area contributed by atoms with E-state index in [0.717, 1.165) is 23.9 Å². The molecule has 6 aromatic rings. The Morgan fingerprint density at radius 1 is 1.07 bits per heavy atom. The van der Waals surface area contributed by atoms with Gasteiger partial charge < -0.3 is 14.6 Å². The van der Waals surface area contributed by atoms with Crippen molar-refractivity contribution in [3.05, 3.63) is 83.2 Å². The molecule has 1 unspecified atom stereocenters. The Labute approximate surface area is 257 Å². The van der Waals surface area contributed by atoms with E-state index < -0.39 is 12.0 Å². The molecule has 7 rings (SSSR count). The molecule has 1 fully saturated rings. The lowest BCUT2D eigenvalue weighted by Crippen LogP contribution is -2.21. The number of alkyl halides is 1. The van der Waals surface area contributed by atoms with E-state index in [0.29, 0.717) is 56.0 Å². The number of carbonyl (C=O) groups is 1. The van der Waals surface area contributed by atoms with Crippen molar-refractivity contribution in [2.75, 3.05) is 14.1 Å². The van der Waals surface area contributed by atoms with Crippen molar-refractivity contribution < 1.29 is 18.7 Å². The predicted molar refractivity (Wildman–Crippen MR) is 166 cm³/mol. The normalized spacial score (nSPS) is 14.0. The summed E-state index contributed by atoms with van der Waals surface area (Å²) in [6.07, 6.45) is 4.03. The van der Waals surface area contributed by atoms with Crippen LogP contribution in [-0.4, -0.2) is 64.1 Å². The number of halogens is 2. The molecule has 45 heavy (non-hydrogen) atoms. The number of rotatable bonds is 8. The summed E-state index contributed by atoms with van der Waals surface area (Å²) in [4.78, 5) is 23.3. The standard InChI is InChI=1S/C33H32F2N8O2/c1-40(2)33(45)20-9-5-18(6-10-20)25(35)16-43-15-23-26(38-43)12-11-24(34)28(23)29-30(19-7-8-19)42(4)32(37-29)22-13-21-14-41(3)39-31(21)36-27(22)17-44/h5-6,9-15,19,25,44H,7-8,16-17H2,1-4H3. The fourth-order valence-electron chi connectivity index (χ4n) is 6.00. The zero-order valence-electron chi connectivity index (χ0n) is 25.4. The quantitative estimate of drug-likeness (QED) is 0.251. The molecule has 0 aliphatic heterocycles. The number of amides is 1. The maximum absolute atomic E-state index is 15.8. The monoisotopic (exact) mass is 610 g/mol. The van der Waals surface area contributed by atoms with Gasteiger partial charge in [0.2, 0.25) is 0 Å². The van der Waals surface area contributed by atoms with Crippen LogP contribution in [0.5, 0.6) is 0 Å². The minimum atomic E-state index is -1.40. The molecule has 12 heteroatoms. The van der Waals surface area contributed by atoms with Crippen LogP contribution in [-0.2, 0) is 27.2 Å². The zero-order valence-corrected chi connectivity index (χ0v) is 25.4. The van der Waals surface area contributed by atoms with Gasteiger partial charge in [-0.15, -0.1) is 0 Å². The molecule has 1 aliphatic rings. The number of benzene rings is 2. The Morgan fingerprint density at radius 2 is 1.82 bits per heavy atom. The molecule has 0 bridgehead atoms. The lowest BCUT2D eigenvalue weighted by molar-refractivity contribution is 0.0827. The van der Waals surface area contributed by atoms with Crippen molar-refractivity contribution in [1.82, 2.24) is 39.0 Å². The summed E-state index contributed by atoms with van der Waals surface area (Å²) >= 11 is 0. The van der Waals surface area contributed by atoms with E-state index in [2.05, 4.69) is 15.2 Å². The zero-order chi connectivity index (χ0) is 31.6. The summed E-state index contributed by atoms with van der Waals surface area (Å²) in [5.74, 6) is 0.170. The number of aliphatic hydroxyl groups is 1. The SMILES string of the molecule is CN(C)C(=O)c1ccc(C(F)Cn2cc3c(-c4nc(-c5cc6cn(C)nc6nc5CO)n(C)c4C4CC4)c(F)ccc3n2)cc1. The van der Waals surface area contributed by atoms with Crippen molar-refractivity contribution in [2.45, 2.75) is 38.1 Å². The van der Waals surface area contributed by atoms with Crippen LogP contribution in [0.25, 0.3) is 44.6 Å². The van der Waals surface area contributed by atoms with Crippen LogP contribution in [0.15, 0.2) is 54.9 Å². The third kappa shape index (κ3) is 5.04. The number of aryl methyl sites for hydroxylation is 1. The fourth-order valence-corrected chi connectivity index (χ4v) is 6.00. The number of nitrogens with zero attached hydrogens (tertiary/aromatic N) is 8. The van der Waals surface area contributed by atoms with Crippen molar-refractivity contribution in [3.63, 3.8) is 0 Å². The van der Waals surface area contributed by atoms with E-state index in [1.807, 2.05) is 30.9 Å². The Kier molecular flexibility index (Phi) is 6.96. The van der Waals surface area contributed by atoms with Gasteiger partial charge in [-0.2, -0.15) is 10.2 Å². The van der Waals surface area contributed by atoms with Crippen molar-refractivity contribution in [2.24, 2.45) is 14.1 Å². The van der Waals surface area contributed by atoms with Gasteiger partial charge in [0.25, 0.3) is 5.91 Å². The maximum atomic E-state index is 15.8. The first kappa shape index (κ1) is 28.8. The highest BCUT2D eigenvalue weighted by Gasteiger charge is 2.34. The van der Waals surface area contributed by atoms with Gasteiger partial charge in [0, 0.05) is 79.7 Å². The van der Waals surface area contributed by atoms with Crippen molar-refractivity contribution >= 4 is 27.8 Å². The Morgan fingerprint density at radius 3 is 2.51 bits per heavy atom. The van der Waals surface area contributed by atoms with Crippen LogP contribution >= 0.6 is 0 Å². The smallest absolute Gasteiger partial charge is 0.253 e. The van der Waals surface area contributed by atoms with E-state index in [4.69, 9.17) is 4.98 Å². The number of pyridine rings is 1. The number of hydrogen-bond donors (Lipinski definition) is 1. The molecular formula is C33H32F2N8O2.